The molecular formula is C20H22F3N4O2P. The summed E-state index contributed by atoms with van der Waals surface area (Å²) in [5, 5.41) is 14.2. The quantitative estimate of drug-likeness (QED) is 0.519. The summed E-state index contributed by atoms with van der Waals surface area (Å²) in [6, 6.07) is 5.06. The van der Waals surface area contributed by atoms with Crippen LogP contribution in [-0.2, 0) is 10.7 Å². The van der Waals surface area contributed by atoms with E-state index in [2.05, 4.69) is 20.3 Å². The van der Waals surface area contributed by atoms with Gasteiger partial charge in [-0.25, -0.2) is 9.97 Å². The van der Waals surface area contributed by atoms with Crippen LogP contribution in [0.25, 0.3) is 22.2 Å². The molecule has 160 valence electrons. The average Bonchev–Trinajstić information content (AvgIpc) is 3.07. The predicted octanol–water partition coefficient (Wildman–Crippen LogP) is 4.22. The van der Waals surface area contributed by atoms with Crippen LogP contribution in [0.4, 0.5) is 19.1 Å². The smallest absolute Gasteiger partial charge is 0.388 e. The number of alkyl halides is 3. The highest BCUT2D eigenvalue weighted by Gasteiger charge is 2.37. The number of nitrogens with zero attached hydrogens (tertiary/aromatic N) is 2. The number of nitrogens with one attached hydrogen (secondary N) is 2. The molecule has 1 aromatic carbocycles. The molecule has 2 aromatic heterocycles. The lowest BCUT2D eigenvalue weighted by molar-refractivity contribution is -0.137. The molecule has 0 atom stereocenters. The molecule has 2 heterocycles. The highest BCUT2D eigenvalue weighted by atomic mass is 31.2. The van der Waals surface area contributed by atoms with Gasteiger partial charge >= 0.3 is 6.18 Å². The minimum atomic E-state index is -4.65. The summed E-state index contributed by atoms with van der Waals surface area (Å²) in [5.41, 5.74) is -1.32. The van der Waals surface area contributed by atoms with Gasteiger partial charge in [0, 0.05) is 35.2 Å². The van der Waals surface area contributed by atoms with Crippen molar-refractivity contribution in [3.05, 3.63) is 36.2 Å². The topological polar surface area (TPSA) is 90.9 Å². The molecule has 1 fully saturated rings. The second-order valence-corrected chi connectivity index (χ2v) is 11.3. The summed E-state index contributed by atoms with van der Waals surface area (Å²) >= 11 is 0. The molecule has 30 heavy (non-hydrogen) atoms. The fourth-order valence-electron chi connectivity index (χ4n) is 3.67. The van der Waals surface area contributed by atoms with E-state index in [4.69, 9.17) is 0 Å². The number of hydrogen-bond acceptors (Lipinski definition) is 5. The van der Waals surface area contributed by atoms with Crippen LogP contribution in [-0.4, -0.2) is 45.5 Å². The zero-order valence-corrected chi connectivity index (χ0v) is 17.4. The Balaban J connectivity index is 1.82. The standard InChI is InChI=1S/C20H22F3N4O2P/c1-30(2,29)15-6-3-5-12-13(9-24-17(12)15)16-14(20(21,22)23)10-25-18(27-16)26-11-19(28)7-4-8-19/h3,5-6,9-10,24,28H,4,7-8,11H2,1-2H3,(H,25,26,27). The molecule has 0 radical (unpaired) electrons. The minimum absolute atomic E-state index is 0.0143. The molecule has 0 spiro atoms. The van der Waals surface area contributed by atoms with E-state index in [-0.39, 0.29) is 23.8 Å². The zero-order valence-electron chi connectivity index (χ0n) is 16.5. The van der Waals surface area contributed by atoms with Crippen molar-refractivity contribution in [3.63, 3.8) is 0 Å². The Morgan fingerprint density at radius 2 is 2.03 bits per heavy atom. The summed E-state index contributed by atoms with van der Waals surface area (Å²) in [4.78, 5) is 10.9. The number of para-hydroxylation sites is 1. The number of H-pyrrole nitrogens is 1. The molecule has 3 aromatic rings. The van der Waals surface area contributed by atoms with Gasteiger partial charge in [-0.2, -0.15) is 13.2 Å². The van der Waals surface area contributed by atoms with E-state index in [1.807, 2.05) is 0 Å². The van der Waals surface area contributed by atoms with Crippen molar-refractivity contribution >= 4 is 29.3 Å². The molecule has 3 N–H and O–H groups in total. The summed E-state index contributed by atoms with van der Waals surface area (Å²) in [7, 11) is -2.65. The Labute approximate surface area is 171 Å². The average molecular weight is 438 g/mol. The second kappa shape index (κ2) is 7.10. The number of benzene rings is 1. The number of anilines is 1. The van der Waals surface area contributed by atoms with Crippen LogP contribution in [0.2, 0.25) is 0 Å². The molecular weight excluding hydrogens is 416 g/mol. The van der Waals surface area contributed by atoms with Gasteiger partial charge in [-0.15, -0.1) is 0 Å². The Morgan fingerprint density at radius 1 is 1.30 bits per heavy atom. The molecule has 1 aliphatic rings. The van der Waals surface area contributed by atoms with Crippen molar-refractivity contribution in [1.82, 2.24) is 15.0 Å². The molecule has 10 heteroatoms. The first kappa shape index (κ1) is 20.9. The second-order valence-electron chi connectivity index (χ2n) is 8.14. The van der Waals surface area contributed by atoms with Gasteiger partial charge in [-0.3, -0.25) is 0 Å². The minimum Gasteiger partial charge on any atom is -0.388 e. The van der Waals surface area contributed by atoms with Crippen LogP contribution >= 0.6 is 7.14 Å². The van der Waals surface area contributed by atoms with Gasteiger partial charge in [0.1, 0.15) is 12.7 Å². The van der Waals surface area contributed by atoms with Gasteiger partial charge in [-0.05, 0) is 38.7 Å². The lowest BCUT2D eigenvalue weighted by atomic mass is 9.80. The van der Waals surface area contributed by atoms with Crippen molar-refractivity contribution in [2.45, 2.75) is 31.0 Å². The monoisotopic (exact) mass is 438 g/mol. The van der Waals surface area contributed by atoms with Crippen LogP contribution in [0, 0.1) is 0 Å². The third-order valence-corrected chi connectivity index (χ3v) is 7.02. The number of aromatic nitrogens is 3. The Hall–Kier alpha value is -2.38. The van der Waals surface area contributed by atoms with Crippen molar-refractivity contribution in [2.24, 2.45) is 0 Å². The van der Waals surface area contributed by atoms with Gasteiger partial charge in [0.25, 0.3) is 0 Å². The molecule has 1 saturated carbocycles. The third kappa shape index (κ3) is 3.84. The molecule has 0 saturated heterocycles. The number of fused-ring (bicyclic) bond motifs is 1. The fraction of sp³-hybridized carbons (Fsp3) is 0.400. The summed E-state index contributed by atoms with van der Waals surface area (Å²) in [6.45, 7) is 3.40. The van der Waals surface area contributed by atoms with Gasteiger partial charge in [0.05, 0.1) is 16.8 Å². The SMILES string of the molecule is CP(C)(=O)c1cccc2c(-c3nc(NCC4(O)CCC4)ncc3C(F)(F)F)c[nH]c12. The summed E-state index contributed by atoms with van der Waals surface area (Å²) in [6.07, 6.45) is -0.271. The number of aliphatic hydroxyl groups is 1. The highest BCUT2D eigenvalue weighted by Crippen LogP contribution is 2.42. The third-order valence-electron chi connectivity index (χ3n) is 5.48. The summed E-state index contributed by atoms with van der Waals surface area (Å²) in [5.74, 6) is 0.0143. The first-order valence-electron chi connectivity index (χ1n) is 9.54. The molecule has 0 aliphatic heterocycles. The van der Waals surface area contributed by atoms with Crippen LogP contribution < -0.4 is 10.6 Å². The molecule has 0 amide bonds. The van der Waals surface area contributed by atoms with Gasteiger partial charge in [0.15, 0.2) is 0 Å². The molecule has 1 aliphatic carbocycles. The van der Waals surface area contributed by atoms with E-state index in [0.717, 1.165) is 12.6 Å². The van der Waals surface area contributed by atoms with Crippen LogP contribution in [0.5, 0.6) is 0 Å². The Bertz CT molecular complexity index is 1150. The van der Waals surface area contributed by atoms with E-state index < -0.39 is 24.5 Å². The van der Waals surface area contributed by atoms with Crippen molar-refractivity contribution in [1.29, 1.82) is 0 Å². The lowest BCUT2D eigenvalue weighted by Gasteiger charge is -2.36. The number of aromatic amines is 1. The van der Waals surface area contributed by atoms with E-state index >= 15 is 0 Å². The largest absolute Gasteiger partial charge is 0.419 e. The van der Waals surface area contributed by atoms with E-state index in [0.29, 0.717) is 29.0 Å². The maximum atomic E-state index is 13.7. The normalized spacial score (nSPS) is 16.5. The predicted molar refractivity (Wildman–Crippen MR) is 111 cm³/mol. The number of halogens is 3. The maximum Gasteiger partial charge on any atom is 0.419 e. The van der Waals surface area contributed by atoms with Gasteiger partial charge in [-0.1, -0.05) is 12.1 Å². The van der Waals surface area contributed by atoms with Gasteiger partial charge < -0.3 is 20.0 Å². The maximum absolute atomic E-state index is 13.7. The summed E-state index contributed by atoms with van der Waals surface area (Å²) < 4.78 is 53.7. The first-order valence-corrected chi connectivity index (χ1v) is 12.1. The van der Waals surface area contributed by atoms with Crippen LogP contribution in [0.3, 0.4) is 0 Å². The molecule has 0 bridgehead atoms. The Kier molecular flexibility index (Phi) is 4.94. The van der Waals surface area contributed by atoms with Crippen LogP contribution in [0.15, 0.2) is 30.6 Å². The van der Waals surface area contributed by atoms with Crippen molar-refractivity contribution in [2.75, 3.05) is 25.2 Å². The van der Waals surface area contributed by atoms with Crippen molar-refractivity contribution < 1.29 is 22.8 Å². The van der Waals surface area contributed by atoms with Gasteiger partial charge in [0.2, 0.25) is 5.95 Å². The van der Waals surface area contributed by atoms with E-state index in [1.54, 1.807) is 31.5 Å². The number of rotatable bonds is 5. The molecule has 6 nitrogen and oxygen atoms in total. The van der Waals surface area contributed by atoms with E-state index in [9.17, 15) is 22.8 Å². The highest BCUT2D eigenvalue weighted by molar-refractivity contribution is 7.70. The first-order chi connectivity index (χ1) is 14.0. The number of hydrogen-bond donors (Lipinski definition) is 3. The fourth-order valence-corrected chi connectivity index (χ4v) is 4.84. The van der Waals surface area contributed by atoms with Crippen LogP contribution in [0.1, 0.15) is 24.8 Å². The Morgan fingerprint density at radius 3 is 2.63 bits per heavy atom. The molecule has 4 rings (SSSR count). The van der Waals surface area contributed by atoms with Crippen molar-refractivity contribution in [3.8, 4) is 11.3 Å². The molecule has 0 unspecified atom stereocenters. The lowest BCUT2D eigenvalue weighted by Crippen LogP contribution is -2.43. The van der Waals surface area contributed by atoms with E-state index in [1.165, 1.54) is 6.20 Å². The zero-order chi connectivity index (χ0) is 21.7.